The molecule has 2 aromatic rings. The largest absolute Gasteiger partial charge is 0.453 e. The Balaban J connectivity index is 1.25. The third kappa shape index (κ3) is 3.54. The van der Waals surface area contributed by atoms with Crippen molar-refractivity contribution < 1.29 is 28.4 Å². The zero-order valence-corrected chi connectivity index (χ0v) is 17.2. The molecule has 0 aliphatic carbocycles. The molecule has 31 heavy (non-hydrogen) atoms. The highest BCUT2D eigenvalue weighted by Crippen LogP contribution is 2.44. The molecular weight excluding hydrogens is 406 g/mol. The van der Waals surface area contributed by atoms with Crippen molar-refractivity contribution in [1.82, 2.24) is 19.5 Å². The molecule has 11 nitrogen and oxygen atoms in total. The van der Waals surface area contributed by atoms with Crippen LogP contribution in [0.1, 0.15) is 44.8 Å². The van der Waals surface area contributed by atoms with Gasteiger partial charge in [0.25, 0.3) is 0 Å². The third-order valence-corrected chi connectivity index (χ3v) is 6.29. The van der Waals surface area contributed by atoms with Gasteiger partial charge in [-0.1, -0.05) is 0 Å². The number of rotatable bonds is 5. The van der Waals surface area contributed by atoms with E-state index >= 15 is 0 Å². The van der Waals surface area contributed by atoms with Crippen molar-refractivity contribution in [2.45, 2.75) is 75.6 Å². The Labute approximate surface area is 179 Å². The van der Waals surface area contributed by atoms with Crippen LogP contribution in [0.15, 0.2) is 6.33 Å². The van der Waals surface area contributed by atoms with Crippen molar-refractivity contribution in [3.63, 3.8) is 0 Å². The molecule has 0 spiro atoms. The van der Waals surface area contributed by atoms with Gasteiger partial charge in [-0.05, 0) is 38.5 Å². The Morgan fingerprint density at radius 3 is 2.65 bits per heavy atom. The number of nitrogens with zero attached hydrogens (tertiary/aromatic N) is 4. The van der Waals surface area contributed by atoms with Crippen LogP contribution >= 0.6 is 0 Å². The van der Waals surface area contributed by atoms with Crippen molar-refractivity contribution in [3.8, 4) is 6.01 Å². The number of hydrogen-bond donors (Lipinski definition) is 1. The van der Waals surface area contributed by atoms with Crippen LogP contribution in [-0.4, -0.2) is 70.2 Å². The van der Waals surface area contributed by atoms with Gasteiger partial charge in [0.05, 0.1) is 6.61 Å². The van der Waals surface area contributed by atoms with Gasteiger partial charge >= 0.3 is 6.01 Å². The quantitative estimate of drug-likeness (QED) is 0.742. The van der Waals surface area contributed by atoms with Crippen molar-refractivity contribution in [1.29, 1.82) is 0 Å². The van der Waals surface area contributed by atoms with Crippen LogP contribution in [0.3, 0.4) is 0 Å². The normalized spacial score (nSPS) is 35.1. The minimum absolute atomic E-state index is 0.206. The summed E-state index contributed by atoms with van der Waals surface area (Å²) in [5.41, 5.74) is 7.05. The highest BCUT2D eigenvalue weighted by atomic mass is 16.7. The standard InChI is InChI=1S/C20H27N5O6/c21-17-14-18(23-10-22-17)25-19-16(31-20(25)24-14)15(30-13-6-2-4-8-27-13)11(29-19)9-28-12-5-1-3-7-26-12/h10-13,15-16,19H,1-9H2,(H2,21,22,23)/t11-,12?,13?,15-,16+,19-/m1/s1. The maximum Gasteiger partial charge on any atom is 0.301 e. The van der Waals surface area contributed by atoms with E-state index in [1.807, 2.05) is 4.57 Å². The second-order valence-electron chi connectivity index (χ2n) is 8.37. The van der Waals surface area contributed by atoms with Gasteiger partial charge in [-0.25, -0.2) is 14.5 Å². The maximum absolute atomic E-state index is 6.40. The number of nitrogen functional groups attached to an aromatic ring is 1. The fourth-order valence-corrected chi connectivity index (χ4v) is 4.72. The number of fused-ring (bicyclic) bond motifs is 5. The minimum Gasteiger partial charge on any atom is -0.453 e. The summed E-state index contributed by atoms with van der Waals surface area (Å²) in [6.45, 7) is 1.77. The summed E-state index contributed by atoms with van der Waals surface area (Å²) < 4.78 is 38.3. The van der Waals surface area contributed by atoms with Gasteiger partial charge in [0, 0.05) is 13.2 Å². The Kier molecular flexibility index (Phi) is 5.15. The molecule has 3 saturated heterocycles. The monoisotopic (exact) mass is 433 g/mol. The molecule has 2 aromatic heterocycles. The molecule has 4 aliphatic rings. The fraction of sp³-hybridized carbons (Fsp3) is 0.750. The Hall–Kier alpha value is -2.05. The van der Waals surface area contributed by atoms with E-state index in [0.717, 1.165) is 45.1 Å². The number of aromatic nitrogens is 4. The van der Waals surface area contributed by atoms with Gasteiger partial charge in [0.2, 0.25) is 0 Å². The fourth-order valence-electron chi connectivity index (χ4n) is 4.72. The van der Waals surface area contributed by atoms with Gasteiger partial charge in [-0.3, -0.25) is 0 Å². The Morgan fingerprint density at radius 2 is 1.87 bits per heavy atom. The number of ether oxygens (including phenoxy) is 6. The second-order valence-corrected chi connectivity index (χ2v) is 8.37. The highest BCUT2D eigenvalue weighted by molar-refractivity contribution is 5.82. The van der Waals surface area contributed by atoms with Crippen molar-refractivity contribution in [2.75, 3.05) is 25.6 Å². The average molecular weight is 433 g/mol. The van der Waals surface area contributed by atoms with Gasteiger partial charge in [-0.2, -0.15) is 4.98 Å². The van der Waals surface area contributed by atoms with Crippen molar-refractivity contribution >= 4 is 17.0 Å². The van der Waals surface area contributed by atoms with Crippen LogP contribution in [0.2, 0.25) is 0 Å². The van der Waals surface area contributed by atoms with Crippen molar-refractivity contribution in [2.24, 2.45) is 0 Å². The molecule has 0 radical (unpaired) electrons. The molecule has 11 heteroatoms. The lowest BCUT2D eigenvalue weighted by molar-refractivity contribution is -0.222. The lowest BCUT2D eigenvalue weighted by Crippen LogP contribution is -2.43. The lowest BCUT2D eigenvalue weighted by atomic mass is 10.1. The van der Waals surface area contributed by atoms with Crippen LogP contribution in [0, 0.1) is 0 Å². The first-order valence-corrected chi connectivity index (χ1v) is 11.1. The molecule has 6 atom stereocenters. The smallest absolute Gasteiger partial charge is 0.301 e. The molecule has 2 N–H and O–H groups in total. The van der Waals surface area contributed by atoms with E-state index in [2.05, 4.69) is 15.0 Å². The summed E-state index contributed by atoms with van der Waals surface area (Å²) >= 11 is 0. The molecule has 6 heterocycles. The van der Waals surface area contributed by atoms with E-state index in [1.54, 1.807) is 0 Å². The Morgan fingerprint density at radius 1 is 1.06 bits per heavy atom. The summed E-state index contributed by atoms with van der Waals surface area (Å²) in [6.07, 6.45) is 5.45. The molecular formula is C20H27N5O6. The predicted molar refractivity (Wildman–Crippen MR) is 106 cm³/mol. The van der Waals surface area contributed by atoms with E-state index in [-0.39, 0.29) is 30.9 Å². The zero-order chi connectivity index (χ0) is 20.8. The highest BCUT2D eigenvalue weighted by Gasteiger charge is 2.54. The first kappa shape index (κ1) is 19.6. The van der Waals surface area contributed by atoms with E-state index in [4.69, 9.17) is 34.2 Å². The molecule has 6 rings (SSSR count). The summed E-state index contributed by atoms with van der Waals surface area (Å²) in [7, 11) is 0. The Bertz CT molecular complexity index is 928. The van der Waals surface area contributed by atoms with Crippen LogP contribution in [0.4, 0.5) is 5.82 Å². The summed E-state index contributed by atoms with van der Waals surface area (Å²) in [5, 5.41) is 0. The second kappa shape index (κ2) is 8.14. The van der Waals surface area contributed by atoms with Gasteiger partial charge in [0.15, 0.2) is 41.9 Å². The van der Waals surface area contributed by atoms with E-state index in [0.29, 0.717) is 36.2 Å². The van der Waals surface area contributed by atoms with Gasteiger partial charge in [0.1, 0.15) is 18.5 Å². The molecule has 0 aromatic carbocycles. The SMILES string of the molecule is Nc1ncnc2c1nc1n2[C@@H]2O[C@H](COC3CCCCO3)[C@@H](OC3CCCCO3)[C@@H]2O1. The first-order valence-electron chi connectivity index (χ1n) is 11.1. The molecule has 4 aliphatic heterocycles. The van der Waals surface area contributed by atoms with Gasteiger partial charge in [-0.15, -0.1) is 0 Å². The molecule has 2 unspecified atom stereocenters. The van der Waals surface area contributed by atoms with Crippen molar-refractivity contribution in [3.05, 3.63) is 6.33 Å². The molecule has 0 amide bonds. The topological polar surface area (TPSA) is 125 Å². The predicted octanol–water partition coefficient (Wildman–Crippen LogP) is 1.52. The van der Waals surface area contributed by atoms with E-state index < -0.39 is 6.23 Å². The summed E-state index contributed by atoms with van der Waals surface area (Å²) in [4.78, 5) is 12.8. The van der Waals surface area contributed by atoms with Gasteiger partial charge < -0.3 is 34.2 Å². The lowest BCUT2D eigenvalue weighted by Gasteiger charge is -2.30. The summed E-state index contributed by atoms with van der Waals surface area (Å²) in [6, 6.07) is 0.408. The molecule has 0 saturated carbocycles. The number of imidazole rings is 1. The van der Waals surface area contributed by atoms with Crippen LogP contribution < -0.4 is 10.5 Å². The van der Waals surface area contributed by atoms with Crippen LogP contribution in [0.5, 0.6) is 6.01 Å². The number of nitrogens with two attached hydrogens (primary N) is 1. The van der Waals surface area contributed by atoms with E-state index in [1.165, 1.54) is 6.33 Å². The minimum atomic E-state index is -0.441. The average Bonchev–Trinajstić information content (AvgIpc) is 3.44. The van der Waals surface area contributed by atoms with Crippen LogP contribution in [-0.2, 0) is 23.7 Å². The molecule has 168 valence electrons. The third-order valence-electron chi connectivity index (χ3n) is 6.29. The number of anilines is 1. The maximum atomic E-state index is 6.40. The molecule has 3 fully saturated rings. The zero-order valence-electron chi connectivity index (χ0n) is 17.2. The van der Waals surface area contributed by atoms with Crippen LogP contribution in [0.25, 0.3) is 11.2 Å². The summed E-state index contributed by atoms with van der Waals surface area (Å²) in [5.74, 6) is 0.308. The first-order chi connectivity index (χ1) is 15.3. The number of hydrogen-bond acceptors (Lipinski definition) is 10. The van der Waals surface area contributed by atoms with E-state index in [9.17, 15) is 0 Å². The molecule has 0 bridgehead atoms.